The van der Waals surface area contributed by atoms with Crippen molar-refractivity contribution < 1.29 is 4.79 Å². The van der Waals surface area contributed by atoms with Crippen LogP contribution in [0.1, 0.15) is 41.6 Å². The van der Waals surface area contributed by atoms with E-state index in [2.05, 4.69) is 15.2 Å². The van der Waals surface area contributed by atoms with Crippen molar-refractivity contribution in [2.75, 3.05) is 23.3 Å². The number of hydrogen-bond acceptors (Lipinski definition) is 4. The average molecular weight is 368 g/mol. The Labute approximate surface area is 160 Å². The minimum Gasteiger partial charge on any atom is -0.342 e. The van der Waals surface area contributed by atoms with Gasteiger partial charge in [-0.05, 0) is 70.2 Å². The van der Waals surface area contributed by atoms with Crippen LogP contribution in [0.3, 0.4) is 0 Å². The normalized spacial score (nSPS) is 14.3. The van der Waals surface area contributed by atoms with E-state index in [0.717, 1.165) is 42.9 Å². The average Bonchev–Trinajstić information content (AvgIpc) is 2.65. The van der Waals surface area contributed by atoms with Crippen LogP contribution in [0.15, 0.2) is 23.0 Å². The second-order valence-electron chi connectivity index (χ2n) is 7.41. The molecular weight excluding hydrogens is 340 g/mol. The summed E-state index contributed by atoms with van der Waals surface area (Å²) in [6.07, 6.45) is 3.36. The van der Waals surface area contributed by atoms with Crippen molar-refractivity contribution >= 4 is 17.5 Å². The maximum absolute atomic E-state index is 12.9. The highest BCUT2D eigenvalue weighted by atomic mass is 16.2. The number of nitrogens with one attached hydrogen (secondary N) is 1. The predicted molar refractivity (Wildman–Crippen MR) is 109 cm³/mol. The Hall–Kier alpha value is -2.63. The molecule has 0 aliphatic carbocycles. The zero-order chi connectivity index (χ0) is 19.6. The number of benzene rings is 1. The number of nitrogens with zero attached hydrogens (tertiary/aromatic N) is 3. The van der Waals surface area contributed by atoms with Gasteiger partial charge in [0.05, 0.1) is 0 Å². The van der Waals surface area contributed by atoms with E-state index in [0.29, 0.717) is 11.5 Å². The van der Waals surface area contributed by atoms with E-state index in [9.17, 15) is 9.59 Å². The van der Waals surface area contributed by atoms with Gasteiger partial charge in [0.2, 0.25) is 11.9 Å². The number of rotatable bonds is 4. The van der Waals surface area contributed by atoms with Crippen LogP contribution < -0.4 is 15.8 Å². The van der Waals surface area contributed by atoms with Crippen molar-refractivity contribution in [1.82, 2.24) is 9.55 Å². The number of anilines is 2. The van der Waals surface area contributed by atoms with Crippen LogP contribution in [0.5, 0.6) is 0 Å². The largest absolute Gasteiger partial charge is 0.342 e. The molecule has 1 aliphatic heterocycles. The second-order valence-corrected chi connectivity index (χ2v) is 7.41. The predicted octanol–water partition coefficient (Wildman–Crippen LogP) is 3.11. The molecule has 27 heavy (non-hydrogen) atoms. The van der Waals surface area contributed by atoms with Crippen LogP contribution >= 0.6 is 0 Å². The molecular formula is C21H28N4O2. The van der Waals surface area contributed by atoms with Gasteiger partial charge in [-0.25, -0.2) is 4.98 Å². The van der Waals surface area contributed by atoms with Crippen molar-refractivity contribution in [3.05, 3.63) is 50.9 Å². The molecule has 6 nitrogen and oxygen atoms in total. The Morgan fingerprint density at radius 3 is 2.44 bits per heavy atom. The summed E-state index contributed by atoms with van der Waals surface area (Å²) in [5.74, 6) is 0.390. The fourth-order valence-corrected chi connectivity index (χ4v) is 3.38. The molecule has 1 aliphatic rings. The molecule has 2 heterocycles. The number of carbonyl (C=O) groups excluding carboxylic acids is 1. The number of carbonyl (C=O) groups is 1. The Morgan fingerprint density at radius 2 is 1.78 bits per heavy atom. The molecule has 3 rings (SSSR count). The quantitative estimate of drug-likeness (QED) is 0.900. The number of aryl methyl sites for hydroxylation is 3. The van der Waals surface area contributed by atoms with E-state index in [1.807, 2.05) is 39.0 Å². The van der Waals surface area contributed by atoms with Crippen LogP contribution in [0.25, 0.3) is 0 Å². The van der Waals surface area contributed by atoms with Crippen LogP contribution in [-0.4, -0.2) is 28.5 Å². The van der Waals surface area contributed by atoms with Gasteiger partial charge in [0.25, 0.3) is 5.56 Å². The topological polar surface area (TPSA) is 67.2 Å². The molecule has 1 N–H and O–H groups in total. The molecule has 144 valence electrons. The molecule has 0 unspecified atom stereocenters. The first-order chi connectivity index (χ1) is 12.9. The molecule has 0 atom stereocenters. The molecule has 0 bridgehead atoms. The zero-order valence-electron chi connectivity index (χ0n) is 16.6. The summed E-state index contributed by atoms with van der Waals surface area (Å²) in [5, 5.41) is 2.90. The Kier molecular flexibility index (Phi) is 5.63. The van der Waals surface area contributed by atoms with E-state index in [-0.39, 0.29) is 18.0 Å². The number of amides is 1. The minimum absolute atomic E-state index is 0.0360. The molecule has 1 fully saturated rings. The standard InChI is InChI=1S/C21H28N4O2/c1-14-8-9-18(12-15(14)2)23-19(26)13-25-20(27)16(3)17(4)22-21(25)24-10-6-5-7-11-24/h8-9,12H,5-7,10-11,13H2,1-4H3,(H,23,26). The molecule has 0 spiro atoms. The molecule has 1 saturated heterocycles. The van der Waals surface area contributed by atoms with Gasteiger partial charge in [-0.3, -0.25) is 14.2 Å². The van der Waals surface area contributed by atoms with Crippen molar-refractivity contribution in [2.24, 2.45) is 0 Å². The fourth-order valence-electron chi connectivity index (χ4n) is 3.38. The molecule has 2 aromatic rings. The minimum atomic E-state index is -0.219. The Balaban J connectivity index is 1.88. The van der Waals surface area contributed by atoms with E-state index in [4.69, 9.17) is 0 Å². The van der Waals surface area contributed by atoms with Crippen LogP contribution in [0.2, 0.25) is 0 Å². The lowest BCUT2D eigenvalue weighted by molar-refractivity contribution is -0.116. The summed E-state index contributed by atoms with van der Waals surface area (Å²) >= 11 is 0. The summed E-state index contributed by atoms with van der Waals surface area (Å²) in [4.78, 5) is 32.3. The summed E-state index contributed by atoms with van der Waals surface area (Å²) in [7, 11) is 0. The van der Waals surface area contributed by atoms with Crippen LogP contribution in [0, 0.1) is 27.7 Å². The van der Waals surface area contributed by atoms with E-state index < -0.39 is 0 Å². The molecule has 1 aromatic heterocycles. The number of hydrogen-bond donors (Lipinski definition) is 1. The van der Waals surface area contributed by atoms with Crippen molar-refractivity contribution in [2.45, 2.75) is 53.5 Å². The van der Waals surface area contributed by atoms with Crippen molar-refractivity contribution in [1.29, 1.82) is 0 Å². The summed E-state index contributed by atoms with van der Waals surface area (Å²) in [6, 6.07) is 5.81. The number of aromatic nitrogens is 2. The summed E-state index contributed by atoms with van der Waals surface area (Å²) in [6.45, 7) is 9.36. The van der Waals surface area contributed by atoms with Gasteiger partial charge in [0.15, 0.2) is 0 Å². The lowest BCUT2D eigenvalue weighted by Gasteiger charge is -2.30. The van der Waals surface area contributed by atoms with Gasteiger partial charge in [0.1, 0.15) is 6.54 Å². The third-order valence-corrected chi connectivity index (χ3v) is 5.35. The molecule has 1 aromatic carbocycles. The van der Waals surface area contributed by atoms with E-state index in [1.54, 1.807) is 6.92 Å². The van der Waals surface area contributed by atoms with Crippen LogP contribution in [-0.2, 0) is 11.3 Å². The zero-order valence-corrected chi connectivity index (χ0v) is 16.6. The van der Waals surface area contributed by atoms with Gasteiger partial charge in [0, 0.05) is 30.0 Å². The molecule has 6 heteroatoms. The van der Waals surface area contributed by atoms with Gasteiger partial charge in [-0.1, -0.05) is 6.07 Å². The highest BCUT2D eigenvalue weighted by Crippen LogP contribution is 2.19. The SMILES string of the molecule is Cc1ccc(NC(=O)Cn2c(N3CCCCC3)nc(C)c(C)c2=O)cc1C. The second kappa shape index (κ2) is 7.94. The van der Waals surface area contributed by atoms with Crippen LogP contribution in [0.4, 0.5) is 11.6 Å². The molecule has 0 radical (unpaired) electrons. The molecule has 1 amide bonds. The summed E-state index contributed by atoms with van der Waals surface area (Å²) < 4.78 is 1.52. The first-order valence-electron chi connectivity index (χ1n) is 9.57. The first kappa shape index (κ1) is 19.1. The lowest BCUT2D eigenvalue weighted by atomic mass is 10.1. The van der Waals surface area contributed by atoms with Gasteiger partial charge in [-0.2, -0.15) is 0 Å². The molecule has 0 saturated carbocycles. The smallest absolute Gasteiger partial charge is 0.258 e. The Bertz CT molecular complexity index is 911. The fraction of sp³-hybridized carbons (Fsp3) is 0.476. The van der Waals surface area contributed by atoms with Gasteiger partial charge in [-0.15, -0.1) is 0 Å². The number of piperidine rings is 1. The third kappa shape index (κ3) is 4.21. The van der Waals surface area contributed by atoms with E-state index >= 15 is 0 Å². The highest BCUT2D eigenvalue weighted by molar-refractivity contribution is 5.90. The monoisotopic (exact) mass is 368 g/mol. The highest BCUT2D eigenvalue weighted by Gasteiger charge is 2.20. The Morgan fingerprint density at radius 1 is 1.07 bits per heavy atom. The lowest BCUT2D eigenvalue weighted by Crippen LogP contribution is -2.39. The maximum Gasteiger partial charge on any atom is 0.258 e. The first-order valence-corrected chi connectivity index (χ1v) is 9.57. The maximum atomic E-state index is 12.9. The third-order valence-electron chi connectivity index (χ3n) is 5.35. The van der Waals surface area contributed by atoms with Crippen molar-refractivity contribution in [3.8, 4) is 0 Å². The van der Waals surface area contributed by atoms with Gasteiger partial charge < -0.3 is 10.2 Å². The van der Waals surface area contributed by atoms with E-state index in [1.165, 1.54) is 16.6 Å². The summed E-state index contributed by atoms with van der Waals surface area (Å²) in [5.41, 5.74) is 4.22. The van der Waals surface area contributed by atoms with Crippen molar-refractivity contribution in [3.63, 3.8) is 0 Å². The van der Waals surface area contributed by atoms with Gasteiger partial charge >= 0.3 is 0 Å².